The van der Waals surface area contributed by atoms with Gasteiger partial charge in [-0.15, -0.1) is 11.3 Å². The van der Waals surface area contributed by atoms with E-state index < -0.39 is 0 Å². The number of aromatic nitrogens is 1. The van der Waals surface area contributed by atoms with Crippen LogP contribution in [0, 0.1) is 0 Å². The Morgan fingerprint density at radius 3 is 3.17 bits per heavy atom. The van der Waals surface area contributed by atoms with Gasteiger partial charge < -0.3 is 9.47 Å². The Bertz CT molecular complexity index is 691. The average Bonchev–Trinajstić information content (AvgIpc) is 3.01. The molecule has 1 aromatic carbocycles. The molecule has 24 heavy (non-hydrogen) atoms. The molecule has 0 fully saturated rings. The average molecular weight is 412 g/mol. The van der Waals surface area contributed by atoms with Crippen molar-refractivity contribution in [1.29, 1.82) is 0 Å². The number of ether oxygens (including phenoxy) is 2. The molecule has 128 valence electrons. The summed E-state index contributed by atoms with van der Waals surface area (Å²) in [5.74, 6) is 0.516. The van der Waals surface area contributed by atoms with Crippen molar-refractivity contribution in [2.24, 2.45) is 5.10 Å². The summed E-state index contributed by atoms with van der Waals surface area (Å²) in [5.41, 5.74) is 4.44. The van der Waals surface area contributed by atoms with Gasteiger partial charge >= 0.3 is 5.97 Å². The molecule has 0 atom stereocenters. The van der Waals surface area contributed by atoms with Gasteiger partial charge in [0.05, 0.1) is 31.5 Å². The third kappa shape index (κ3) is 6.29. The van der Waals surface area contributed by atoms with Crippen LogP contribution in [0.2, 0.25) is 0 Å². The Hall–Kier alpha value is -1.93. The quantitative estimate of drug-likeness (QED) is 0.296. The number of carbonyl (C=O) groups excluding carboxylic acids is 1. The molecule has 1 heterocycles. The summed E-state index contributed by atoms with van der Waals surface area (Å²) in [6.07, 6.45) is 1.86. The van der Waals surface area contributed by atoms with E-state index in [1.54, 1.807) is 13.1 Å². The molecule has 0 aliphatic heterocycles. The summed E-state index contributed by atoms with van der Waals surface area (Å²) < 4.78 is 10.4. The number of rotatable bonds is 9. The smallest absolute Gasteiger partial charge is 0.311 e. The maximum Gasteiger partial charge on any atom is 0.311 e. The third-order valence-corrected chi connectivity index (χ3v) is 3.88. The second-order valence-corrected chi connectivity index (χ2v) is 6.26. The maximum atomic E-state index is 11.4. The van der Waals surface area contributed by atoms with Crippen molar-refractivity contribution in [3.8, 4) is 5.75 Å². The van der Waals surface area contributed by atoms with Crippen LogP contribution in [-0.2, 0) is 16.0 Å². The Morgan fingerprint density at radius 1 is 1.50 bits per heavy atom. The molecule has 0 amide bonds. The van der Waals surface area contributed by atoms with Crippen LogP contribution in [0.3, 0.4) is 0 Å². The fraction of sp³-hybridized carbons (Fsp3) is 0.312. The van der Waals surface area contributed by atoms with E-state index in [9.17, 15) is 4.79 Å². The van der Waals surface area contributed by atoms with Crippen LogP contribution in [0.5, 0.6) is 5.75 Å². The zero-order valence-corrected chi connectivity index (χ0v) is 15.6. The van der Waals surface area contributed by atoms with Gasteiger partial charge in [-0.25, -0.2) is 4.98 Å². The Kier molecular flexibility index (Phi) is 7.70. The van der Waals surface area contributed by atoms with Gasteiger partial charge in [-0.1, -0.05) is 28.1 Å². The number of thiazole rings is 1. The number of esters is 1. The highest BCUT2D eigenvalue weighted by molar-refractivity contribution is 9.09. The van der Waals surface area contributed by atoms with Crippen LogP contribution < -0.4 is 10.2 Å². The molecule has 0 radical (unpaired) electrons. The molecule has 1 N–H and O–H groups in total. The molecule has 2 rings (SSSR count). The van der Waals surface area contributed by atoms with E-state index in [-0.39, 0.29) is 12.4 Å². The summed E-state index contributed by atoms with van der Waals surface area (Å²) in [5, 5.41) is 7.37. The molecule has 0 saturated heterocycles. The van der Waals surface area contributed by atoms with E-state index in [2.05, 4.69) is 31.4 Å². The van der Waals surface area contributed by atoms with E-state index >= 15 is 0 Å². The summed E-state index contributed by atoms with van der Waals surface area (Å²) in [7, 11) is 0. The first kappa shape index (κ1) is 18.4. The van der Waals surface area contributed by atoms with Crippen molar-refractivity contribution in [2.75, 3.05) is 24.0 Å². The molecule has 0 aliphatic rings. The number of alkyl halides is 1. The lowest BCUT2D eigenvalue weighted by Gasteiger charge is -2.04. The Morgan fingerprint density at radius 2 is 2.38 bits per heavy atom. The molecular weight excluding hydrogens is 394 g/mol. The van der Waals surface area contributed by atoms with E-state index in [0.29, 0.717) is 24.0 Å². The lowest BCUT2D eigenvalue weighted by molar-refractivity contribution is -0.142. The number of hydrogen-bond acceptors (Lipinski definition) is 7. The van der Waals surface area contributed by atoms with Gasteiger partial charge in [0.25, 0.3) is 0 Å². The Balaban J connectivity index is 1.87. The largest absolute Gasteiger partial charge is 0.493 e. The van der Waals surface area contributed by atoms with Crippen LogP contribution in [-0.4, -0.2) is 35.7 Å². The van der Waals surface area contributed by atoms with Crippen molar-refractivity contribution in [1.82, 2.24) is 4.98 Å². The van der Waals surface area contributed by atoms with Gasteiger partial charge in [0.15, 0.2) is 0 Å². The lowest BCUT2D eigenvalue weighted by atomic mass is 10.2. The first-order valence-corrected chi connectivity index (χ1v) is 9.39. The fourth-order valence-corrected chi connectivity index (χ4v) is 2.62. The molecule has 0 unspecified atom stereocenters. The van der Waals surface area contributed by atoms with Gasteiger partial charge in [-0.3, -0.25) is 10.2 Å². The topological polar surface area (TPSA) is 72.8 Å². The molecule has 0 spiro atoms. The number of benzene rings is 1. The van der Waals surface area contributed by atoms with Crippen molar-refractivity contribution >= 4 is 44.6 Å². The van der Waals surface area contributed by atoms with Gasteiger partial charge in [0, 0.05) is 10.7 Å². The number of nitrogens with zero attached hydrogens (tertiary/aromatic N) is 2. The highest BCUT2D eigenvalue weighted by Crippen LogP contribution is 2.16. The van der Waals surface area contributed by atoms with Crippen molar-refractivity contribution in [3.63, 3.8) is 0 Å². The minimum Gasteiger partial charge on any atom is -0.493 e. The standard InChI is InChI=1S/C16H18BrN3O3S/c1-2-22-15(21)9-13-11-24-16(19-13)20-18-10-12-4-3-5-14(8-12)23-7-6-17/h3-5,8,10-11H,2,6-7,9H2,1H3,(H,19,20). The van der Waals surface area contributed by atoms with Gasteiger partial charge in [-0.05, 0) is 24.6 Å². The predicted molar refractivity (Wildman–Crippen MR) is 99.4 cm³/mol. The number of carbonyl (C=O) groups is 1. The zero-order valence-electron chi connectivity index (χ0n) is 13.2. The molecule has 8 heteroatoms. The molecule has 2 aromatic rings. The van der Waals surface area contributed by atoms with E-state index in [1.165, 1.54) is 11.3 Å². The second kappa shape index (κ2) is 10.0. The highest BCUT2D eigenvalue weighted by Gasteiger charge is 2.07. The highest BCUT2D eigenvalue weighted by atomic mass is 79.9. The van der Waals surface area contributed by atoms with Crippen LogP contribution in [0.15, 0.2) is 34.7 Å². The predicted octanol–water partition coefficient (Wildman–Crippen LogP) is 3.47. The molecule has 6 nitrogen and oxygen atoms in total. The number of nitrogens with one attached hydrogen (secondary N) is 1. The van der Waals surface area contributed by atoms with Crippen LogP contribution in [0.25, 0.3) is 0 Å². The van der Waals surface area contributed by atoms with Crippen LogP contribution >= 0.6 is 27.3 Å². The SMILES string of the molecule is CCOC(=O)Cc1csc(NN=Cc2cccc(OCCBr)c2)n1. The van der Waals surface area contributed by atoms with Gasteiger partial charge in [-0.2, -0.15) is 5.10 Å². The van der Waals surface area contributed by atoms with E-state index in [0.717, 1.165) is 16.6 Å². The molecule has 1 aromatic heterocycles. The first-order chi connectivity index (χ1) is 11.7. The van der Waals surface area contributed by atoms with Crippen molar-refractivity contribution < 1.29 is 14.3 Å². The first-order valence-electron chi connectivity index (χ1n) is 7.39. The zero-order chi connectivity index (χ0) is 17.2. The number of hydrogen-bond donors (Lipinski definition) is 1. The van der Waals surface area contributed by atoms with E-state index in [1.807, 2.05) is 29.6 Å². The number of halogens is 1. The molecule has 0 bridgehead atoms. The summed E-state index contributed by atoms with van der Waals surface area (Å²) >= 11 is 4.71. The van der Waals surface area contributed by atoms with Crippen LogP contribution in [0.4, 0.5) is 5.13 Å². The van der Waals surface area contributed by atoms with E-state index in [4.69, 9.17) is 9.47 Å². The van der Waals surface area contributed by atoms with Gasteiger partial charge in [0.1, 0.15) is 5.75 Å². The van der Waals surface area contributed by atoms with Crippen molar-refractivity contribution in [3.05, 3.63) is 40.9 Å². The van der Waals surface area contributed by atoms with Gasteiger partial charge in [0.2, 0.25) is 5.13 Å². The normalized spacial score (nSPS) is 10.8. The van der Waals surface area contributed by atoms with Crippen molar-refractivity contribution in [2.45, 2.75) is 13.3 Å². The molecular formula is C16H18BrN3O3S. The summed E-state index contributed by atoms with van der Waals surface area (Å²) in [6.45, 7) is 2.76. The third-order valence-electron chi connectivity index (χ3n) is 2.76. The second-order valence-electron chi connectivity index (χ2n) is 4.61. The molecule has 0 aliphatic carbocycles. The number of hydrazone groups is 1. The molecule has 0 saturated carbocycles. The monoisotopic (exact) mass is 411 g/mol. The fourth-order valence-electron chi connectivity index (χ4n) is 1.80. The number of anilines is 1. The minimum absolute atomic E-state index is 0.169. The van der Waals surface area contributed by atoms with Crippen LogP contribution in [0.1, 0.15) is 18.2 Å². The summed E-state index contributed by atoms with van der Waals surface area (Å²) in [6, 6.07) is 7.64. The lowest BCUT2D eigenvalue weighted by Crippen LogP contribution is -2.07. The maximum absolute atomic E-state index is 11.4. The summed E-state index contributed by atoms with van der Waals surface area (Å²) in [4.78, 5) is 15.7. The Labute approximate surface area is 153 Å². The minimum atomic E-state index is -0.279.